The maximum absolute atomic E-state index is 12.1. The van der Waals surface area contributed by atoms with Gasteiger partial charge in [-0.2, -0.15) is 0 Å². The number of halogens is 3. The van der Waals surface area contributed by atoms with E-state index >= 15 is 0 Å². The molecule has 0 aliphatic heterocycles. The van der Waals surface area contributed by atoms with Crippen molar-refractivity contribution < 1.29 is 13.6 Å². The van der Waals surface area contributed by atoms with E-state index in [9.17, 15) is 13.6 Å². The van der Waals surface area contributed by atoms with E-state index in [0.717, 1.165) is 0 Å². The first-order valence-electron chi connectivity index (χ1n) is 6.20. The van der Waals surface area contributed by atoms with Gasteiger partial charge in [-0.25, -0.2) is 8.78 Å². The molecule has 20 heavy (non-hydrogen) atoms. The van der Waals surface area contributed by atoms with Gasteiger partial charge in [-0.3, -0.25) is 4.79 Å². The highest BCUT2D eigenvalue weighted by atomic mass is 35.5. The van der Waals surface area contributed by atoms with Crippen LogP contribution in [-0.2, 0) is 4.79 Å². The summed E-state index contributed by atoms with van der Waals surface area (Å²) in [6.07, 6.45) is -1.61. The van der Waals surface area contributed by atoms with Gasteiger partial charge in [-0.05, 0) is 38.2 Å². The Kier molecular flexibility index (Phi) is 6.67. The first kappa shape index (κ1) is 16.7. The molecular formula is C13H18ClF2N3O. The van der Waals surface area contributed by atoms with Gasteiger partial charge in [0, 0.05) is 12.1 Å². The summed E-state index contributed by atoms with van der Waals surface area (Å²) in [6.45, 7) is 0.151. The third-order valence-corrected chi connectivity index (χ3v) is 2.97. The molecule has 0 atom stereocenters. The topological polar surface area (TPSA) is 58.4 Å². The lowest BCUT2D eigenvalue weighted by molar-refractivity contribution is -0.116. The molecule has 0 aliphatic rings. The van der Waals surface area contributed by atoms with Gasteiger partial charge in [-0.15, -0.1) is 0 Å². The molecule has 0 aromatic heterocycles. The van der Waals surface area contributed by atoms with E-state index in [-0.39, 0.29) is 18.9 Å². The number of carbonyl (C=O) groups excluding carboxylic acids is 1. The molecule has 0 fully saturated rings. The second-order valence-corrected chi connectivity index (χ2v) is 4.95. The second-order valence-electron chi connectivity index (χ2n) is 4.54. The molecule has 7 heteroatoms. The number of carbonyl (C=O) groups is 1. The molecule has 0 aliphatic carbocycles. The first-order chi connectivity index (χ1) is 9.38. The van der Waals surface area contributed by atoms with Crippen molar-refractivity contribution in [3.8, 4) is 0 Å². The van der Waals surface area contributed by atoms with E-state index < -0.39 is 6.43 Å². The molecule has 1 amide bonds. The predicted molar refractivity (Wildman–Crippen MR) is 77.2 cm³/mol. The van der Waals surface area contributed by atoms with Crippen molar-refractivity contribution >= 4 is 28.9 Å². The van der Waals surface area contributed by atoms with Crippen LogP contribution < -0.4 is 11.1 Å². The minimum absolute atomic E-state index is 0.206. The molecule has 0 bridgehead atoms. The van der Waals surface area contributed by atoms with Crippen LogP contribution in [0.2, 0.25) is 5.02 Å². The zero-order chi connectivity index (χ0) is 15.1. The molecule has 0 heterocycles. The number of anilines is 2. The Hall–Kier alpha value is -1.40. The third-order valence-electron chi connectivity index (χ3n) is 2.66. The third kappa shape index (κ3) is 6.16. The summed E-state index contributed by atoms with van der Waals surface area (Å²) in [6, 6.07) is 4.81. The Morgan fingerprint density at radius 2 is 2.20 bits per heavy atom. The van der Waals surface area contributed by atoms with Crippen LogP contribution in [0.25, 0.3) is 0 Å². The van der Waals surface area contributed by atoms with Gasteiger partial charge in [0.15, 0.2) is 0 Å². The number of hydrogen-bond acceptors (Lipinski definition) is 3. The molecule has 0 unspecified atom stereocenters. The maximum Gasteiger partial charge on any atom is 0.251 e. The summed E-state index contributed by atoms with van der Waals surface area (Å²) in [5, 5.41) is 3.03. The normalized spacial score (nSPS) is 11.1. The van der Waals surface area contributed by atoms with Crippen molar-refractivity contribution in [3.63, 3.8) is 0 Å². The minimum Gasteiger partial charge on any atom is -0.399 e. The molecule has 1 rings (SSSR count). The number of rotatable bonds is 7. The lowest BCUT2D eigenvalue weighted by atomic mass is 10.2. The van der Waals surface area contributed by atoms with Crippen LogP contribution in [0.5, 0.6) is 0 Å². The van der Waals surface area contributed by atoms with Crippen LogP contribution in [0.4, 0.5) is 20.2 Å². The quantitative estimate of drug-likeness (QED) is 0.762. The van der Waals surface area contributed by atoms with Gasteiger partial charge in [0.2, 0.25) is 5.91 Å². The number of nitrogens with two attached hydrogens (primary N) is 1. The molecule has 0 spiro atoms. The highest BCUT2D eigenvalue weighted by molar-refractivity contribution is 6.34. The fraction of sp³-hybridized carbons (Fsp3) is 0.462. The molecule has 1 aromatic carbocycles. The number of benzene rings is 1. The number of nitrogens with one attached hydrogen (secondary N) is 1. The number of nitrogens with zero attached hydrogens (tertiary/aromatic N) is 1. The Morgan fingerprint density at radius 1 is 1.50 bits per heavy atom. The van der Waals surface area contributed by atoms with Crippen LogP contribution in [0.1, 0.15) is 12.8 Å². The molecule has 0 saturated heterocycles. The summed E-state index contributed by atoms with van der Waals surface area (Å²) in [7, 11) is 1.60. The molecular weight excluding hydrogens is 288 g/mol. The minimum atomic E-state index is -2.36. The highest BCUT2D eigenvalue weighted by Gasteiger charge is 2.09. The highest BCUT2D eigenvalue weighted by Crippen LogP contribution is 2.24. The van der Waals surface area contributed by atoms with Crippen molar-refractivity contribution in [1.29, 1.82) is 0 Å². The van der Waals surface area contributed by atoms with Crippen molar-refractivity contribution in [3.05, 3.63) is 23.2 Å². The van der Waals surface area contributed by atoms with Gasteiger partial charge in [0.05, 0.1) is 17.3 Å². The molecule has 1 aromatic rings. The van der Waals surface area contributed by atoms with Crippen molar-refractivity contribution in [2.24, 2.45) is 0 Å². The summed E-state index contributed by atoms with van der Waals surface area (Å²) in [5.41, 5.74) is 6.56. The molecule has 0 radical (unpaired) electrons. The van der Waals surface area contributed by atoms with Crippen LogP contribution in [-0.4, -0.2) is 37.4 Å². The van der Waals surface area contributed by atoms with Crippen LogP contribution in [0.3, 0.4) is 0 Å². The van der Waals surface area contributed by atoms with Crippen molar-refractivity contribution in [2.75, 3.05) is 31.2 Å². The fourth-order valence-electron chi connectivity index (χ4n) is 1.68. The SMILES string of the molecule is CN(CCCC(=O)Nc1ccc(N)cc1Cl)CC(F)F. The number of amides is 1. The van der Waals surface area contributed by atoms with Crippen molar-refractivity contribution in [2.45, 2.75) is 19.3 Å². The van der Waals surface area contributed by atoms with E-state index in [0.29, 0.717) is 29.4 Å². The van der Waals surface area contributed by atoms with E-state index in [4.69, 9.17) is 17.3 Å². The van der Waals surface area contributed by atoms with Gasteiger partial charge in [0.1, 0.15) is 0 Å². The van der Waals surface area contributed by atoms with E-state index in [1.54, 1.807) is 25.2 Å². The average molecular weight is 306 g/mol. The van der Waals surface area contributed by atoms with Crippen LogP contribution in [0, 0.1) is 0 Å². The molecule has 3 N–H and O–H groups in total. The Morgan fingerprint density at radius 3 is 2.80 bits per heavy atom. The number of nitrogen functional groups attached to an aromatic ring is 1. The Labute approximate surface area is 121 Å². The monoisotopic (exact) mass is 305 g/mol. The lowest BCUT2D eigenvalue weighted by Gasteiger charge is -2.15. The van der Waals surface area contributed by atoms with E-state index in [1.165, 1.54) is 4.90 Å². The van der Waals surface area contributed by atoms with Gasteiger partial charge in [0.25, 0.3) is 6.43 Å². The predicted octanol–water partition coefficient (Wildman–Crippen LogP) is 2.84. The summed E-state index contributed by atoms with van der Waals surface area (Å²) < 4.78 is 24.2. The number of hydrogen-bond donors (Lipinski definition) is 2. The summed E-state index contributed by atoms with van der Waals surface area (Å²) in [5.74, 6) is -0.206. The van der Waals surface area contributed by atoms with E-state index in [1.807, 2.05) is 0 Å². The molecule has 0 saturated carbocycles. The molecule has 4 nitrogen and oxygen atoms in total. The van der Waals surface area contributed by atoms with Gasteiger partial charge < -0.3 is 16.0 Å². The summed E-state index contributed by atoms with van der Waals surface area (Å²) >= 11 is 5.93. The standard InChI is InChI=1S/C13H18ClF2N3O/c1-19(8-12(15)16)6-2-3-13(20)18-11-5-4-9(17)7-10(11)14/h4-5,7,12H,2-3,6,8,17H2,1H3,(H,18,20). The average Bonchev–Trinajstić information content (AvgIpc) is 2.31. The smallest absolute Gasteiger partial charge is 0.251 e. The van der Waals surface area contributed by atoms with Crippen LogP contribution in [0.15, 0.2) is 18.2 Å². The fourth-order valence-corrected chi connectivity index (χ4v) is 1.92. The second kappa shape index (κ2) is 8.01. The maximum atomic E-state index is 12.1. The van der Waals surface area contributed by atoms with Gasteiger partial charge in [-0.1, -0.05) is 11.6 Å². The molecule has 112 valence electrons. The largest absolute Gasteiger partial charge is 0.399 e. The van der Waals surface area contributed by atoms with E-state index in [2.05, 4.69) is 5.32 Å². The zero-order valence-corrected chi connectivity index (χ0v) is 12.0. The van der Waals surface area contributed by atoms with Crippen molar-refractivity contribution in [1.82, 2.24) is 4.90 Å². The lowest BCUT2D eigenvalue weighted by Crippen LogP contribution is -2.26. The van der Waals surface area contributed by atoms with Crippen LogP contribution >= 0.6 is 11.6 Å². The Bertz CT molecular complexity index is 457. The first-order valence-corrected chi connectivity index (χ1v) is 6.58. The zero-order valence-electron chi connectivity index (χ0n) is 11.2. The van der Waals surface area contributed by atoms with Gasteiger partial charge >= 0.3 is 0 Å². The Balaban J connectivity index is 2.33. The summed E-state index contributed by atoms with van der Waals surface area (Å²) in [4.78, 5) is 13.2. The number of alkyl halides is 2.